The van der Waals surface area contributed by atoms with E-state index < -0.39 is 0 Å². The summed E-state index contributed by atoms with van der Waals surface area (Å²) < 4.78 is 5.18. The molecule has 0 aliphatic rings. The Morgan fingerprint density at radius 2 is 2.19 bits per heavy atom. The van der Waals surface area contributed by atoms with Crippen molar-refractivity contribution in [2.45, 2.75) is 13.0 Å². The first-order valence-corrected chi connectivity index (χ1v) is 5.09. The number of nitrogens with two attached hydrogens (primary N) is 1. The topological polar surface area (TPSA) is 68.1 Å². The summed E-state index contributed by atoms with van der Waals surface area (Å²) in [5.74, 6) is 0.658. The van der Waals surface area contributed by atoms with E-state index in [1.807, 2.05) is 18.2 Å². The summed E-state index contributed by atoms with van der Waals surface area (Å²) >= 11 is 0. The average molecular weight is 218 g/mol. The van der Waals surface area contributed by atoms with E-state index >= 15 is 0 Å². The molecule has 84 valence electrons. The van der Waals surface area contributed by atoms with Crippen molar-refractivity contribution in [2.75, 3.05) is 7.11 Å². The Kier molecular flexibility index (Phi) is 2.66. The maximum Gasteiger partial charge on any atom is 0.253 e. The van der Waals surface area contributed by atoms with E-state index in [1.165, 1.54) is 0 Å². The molecule has 2 aromatic rings. The van der Waals surface area contributed by atoms with Gasteiger partial charge in [0.25, 0.3) is 5.56 Å². The van der Waals surface area contributed by atoms with E-state index in [1.54, 1.807) is 20.1 Å². The van der Waals surface area contributed by atoms with Crippen LogP contribution in [0.2, 0.25) is 0 Å². The van der Waals surface area contributed by atoms with Crippen LogP contribution in [-0.2, 0) is 0 Å². The van der Waals surface area contributed by atoms with Crippen LogP contribution in [0, 0.1) is 0 Å². The minimum Gasteiger partial charge on any atom is -0.495 e. The van der Waals surface area contributed by atoms with Gasteiger partial charge in [-0.25, -0.2) is 0 Å². The molecule has 0 saturated heterocycles. The first-order chi connectivity index (χ1) is 7.63. The minimum absolute atomic E-state index is 0.160. The quantitative estimate of drug-likeness (QED) is 0.803. The third-order valence-corrected chi connectivity index (χ3v) is 2.58. The van der Waals surface area contributed by atoms with E-state index in [0.717, 1.165) is 5.39 Å². The maximum absolute atomic E-state index is 11.8. The van der Waals surface area contributed by atoms with Gasteiger partial charge >= 0.3 is 0 Å². The van der Waals surface area contributed by atoms with Gasteiger partial charge in [0.15, 0.2) is 0 Å². The summed E-state index contributed by atoms with van der Waals surface area (Å²) in [5.41, 5.74) is 6.86. The molecule has 0 aliphatic heterocycles. The van der Waals surface area contributed by atoms with Gasteiger partial charge < -0.3 is 15.5 Å². The lowest BCUT2D eigenvalue weighted by molar-refractivity contribution is 0.419. The zero-order valence-corrected chi connectivity index (χ0v) is 9.28. The number of aromatic amines is 1. The molecule has 1 aromatic heterocycles. The Morgan fingerprint density at radius 3 is 2.81 bits per heavy atom. The molecule has 0 bridgehead atoms. The van der Waals surface area contributed by atoms with Crippen molar-refractivity contribution < 1.29 is 4.74 Å². The summed E-state index contributed by atoms with van der Waals surface area (Å²) in [6.45, 7) is 1.79. The SMILES string of the molecule is COc1cccc2cc(C(C)N)c(=O)[nH]c12. The van der Waals surface area contributed by atoms with Crippen LogP contribution in [0.15, 0.2) is 29.1 Å². The van der Waals surface area contributed by atoms with E-state index in [4.69, 9.17) is 10.5 Å². The van der Waals surface area contributed by atoms with E-state index in [0.29, 0.717) is 16.8 Å². The second kappa shape index (κ2) is 3.98. The number of H-pyrrole nitrogens is 1. The molecule has 0 fully saturated rings. The first kappa shape index (κ1) is 10.7. The third-order valence-electron chi connectivity index (χ3n) is 2.58. The maximum atomic E-state index is 11.8. The molecule has 1 heterocycles. The molecular weight excluding hydrogens is 204 g/mol. The molecule has 0 aliphatic carbocycles. The number of para-hydroxylation sites is 1. The molecule has 3 N–H and O–H groups in total. The van der Waals surface area contributed by atoms with Crippen LogP contribution in [0.1, 0.15) is 18.5 Å². The molecular formula is C12H14N2O2. The fraction of sp³-hybridized carbons (Fsp3) is 0.250. The van der Waals surface area contributed by atoms with Crippen LogP contribution in [0.4, 0.5) is 0 Å². The zero-order valence-electron chi connectivity index (χ0n) is 9.28. The lowest BCUT2D eigenvalue weighted by Gasteiger charge is -2.08. The molecule has 0 amide bonds. The van der Waals surface area contributed by atoms with Crippen LogP contribution in [0.3, 0.4) is 0 Å². The van der Waals surface area contributed by atoms with Crippen molar-refractivity contribution >= 4 is 10.9 Å². The highest BCUT2D eigenvalue weighted by Crippen LogP contribution is 2.23. The molecule has 0 spiro atoms. The van der Waals surface area contributed by atoms with Crippen LogP contribution in [0.5, 0.6) is 5.75 Å². The number of ether oxygens (including phenoxy) is 1. The molecule has 4 heteroatoms. The molecule has 2 rings (SSSR count). The lowest BCUT2D eigenvalue weighted by atomic mass is 10.1. The first-order valence-electron chi connectivity index (χ1n) is 5.09. The summed E-state index contributed by atoms with van der Waals surface area (Å²) in [4.78, 5) is 14.6. The minimum atomic E-state index is -0.278. The summed E-state index contributed by atoms with van der Waals surface area (Å²) in [7, 11) is 1.58. The molecule has 0 radical (unpaired) electrons. The van der Waals surface area contributed by atoms with Crippen molar-refractivity contribution in [3.05, 3.63) is 40.2 Å². The molecule has 1 unspecified atom stereocenters. The van der Waals surface area contributed by atoms with Crippen LogP contribution in [0.25, 0.3) is 10.9 Å². The number of hydrogen-bond acceptors (Lipinski definition) is 3. The van der Waals surface area contributed by atoms with Crippen molar-refractivity contribution in [3.8, 4) is 5.75 Å². The zero-order chi connectivity index (χ0) is 11.7. The Hall–Kier alpha value is -1.81. The number of fused-ring (bicyclic) bond motifs is 1. The standard InChI is InChI=1S/C12H14N2O2/c1-7(13)9-6-8-4-3-5-10(16-2)11(8)14-12(9)15/h3-7H,13H2,1-2H3,(H,14,15). The highest BCUT2D eigenvalue weighted by Gasteiger charge is 2.09. The monoisotopic (exact) mass is 218 g/mol. The van der Waals surface area contributed by atoms with Crippen molar-refractivity contribution in [1.29, 1.82) is 0 Å². The Balaban J connectivity index is 2.78. The second-order valence-electron chi connectivity index (χ2n) is 3.77. The number of benzene rings is 1. The number of hydrogen-bond donors (Lipinski definition) is 2. The normalized spacial score (nSPS) is 12.7. The van der Waals surface area contributed by atoms with E-state index in [9.17, 15) is 4.79 Å². The highest BCUT2D eigenvalue weighted by atomic mass is 16.5. The van der Waals surface area contributed by atoms with Gasteiger partial charge in [0, 0.05) is 17.0 Å². The fourth-order valence-electron chi connectivity index (χ4n) is 1.73. The smallest absolute Gasteiger partial charge is 0.253 e. The van der Waals surface area contributed by atoms with Gasteiger partial charge in [-0.3, -0.25) is 4.79 Å². The summed E-state index contributed by atoms with van der Waals surface area (Å²) in [6, 6.07) is 7.13. The Labute approximate surface area is 93.0 Å². The second-order valence-corrected chi connectivity index (χ2v) is 3.77. The van der Waals surface area contributed by atoms with Crippen LogP contribution >= 0.6 is 0 Å². The molecule has 1 aromatic carbocycles. The fourth-order valence-corrected chi connectivity index (χ4v) is 1.73. The van der Waals surface area contributed by atoms with Crippen molar-refractivity contribution in [1.82, 2.24) is 4.98 Å². The average Bonchev–Trinajstić information content (AvgIpc) is 2.27. The number of aromatic nitrogens is 1. The summed E-state index contributed by atoms with van der Waals surface area (Å²) in [5, 5.41) is 0.922. The van der Waals surface area contributed by atoms with Gasteiger partial charge in [0.2, 0.25) is 0 Å². The number of methoxy groups -OCH3 is 1. The number of pyridine rings is 1. The lowest BCUT2D eigenvalue weighted by Crippen LogP contribution is -2.19. The van der Waals surface area contributed by atoms with Gasteiger partial charge in [0.1, 0.15) is 5.75 Å². The Bertz CT molecular complexity index is 573. The van der Waals surface area contributed by atoms with Crippen LogP contribution < -0.4 is 16.0 Å². The Morgan fingerprint density at radius 1 is 1.44 bits per heavy atom. The molecule has 4 nitrogen and oxygen atoms in total. The van der Waals surface area contributed by atoms with E-state index in [2.05, 4.69) is 4.98 Å². The van der Waals surface area contributed by atoms with Gasteiger partial charge in [-0.05, 0) is 19.1 Å². The molecule has 0 saturated carbocycles. The number of rotatable bonds is 2. The van der Waals surface area contributed by atoms with Gasteiger partial charge in [-0.1, -0.05) is 12.1 Å². The third kappa shape index (κ3) is 1.67. The predicted octanol–water partition coefficient (Wildman–Crippen LogP) is 1.56. The molecule has 1 atom stereocenters. The summed E-state index contributed by atoms with van der Waals surface area (Å²) in [6.07, 6.45) is 0. The van der Waals surface area contributed by atoms with Gasteiger partial charge in [0.05, 0.1) is 12.6 Å². The number of nitrogens with one attached hydrogen (secondary N) is 1. The van der Waals surface area contributed by atoms with Gasteiger partial charge in [-0.2, -0.15) is 0 Å². The highest BCUT2D eigenvalue weighted by molar-refractivity contribution is 5.84. The van der Waals surface area contributed by atoms with E-state index in [-0.39, 0.29) is 11.6 Å². The predicted molar refractivity (Wildman–Crippen MR) is 63.7 cm³/mol. The van der Waals surface area contributed by atoms with Crippen molar-refractivity contribution in [2.24, 2.45) is 5.73 Å². The van der Waals surface area contributed by atoms with Crippen molar-refractivity contribution in [3.63, 3.8) is 0 Å². The molecule has 16 heavy (non-hydrogen) atoms. The van der Waals surface area contributed by atoms with Crippen LogP contribution in [-0.4, -0.2) is 12.1 Å². The van der Waals surface area contributed by atoms with Gasteiger partial charge in [-0.15, -0.1) is 0 Å². The largest absolute Gasteiger partial charge is 0.495 e.